The lowest BCUT2D eigenvalue weighted by Crippen LogP contribution is -1.97. The molecule has 0 fully saturated rings. The van der Waals surface area contributed by atoms with E-state index in [9.17, 15) is 4.79 Å². The van der Waals surface area contributed by atoms with Crippen molar-refractivity contribution in [2.24, 2.45) is 0 Å². The molecule has 0 saturated heterocycles. The van der Waals surface area contributed by atoms with Crippen LogP contribution in [0.1, 0.15) is 12.8 Å². The Morgan fingerprint density at radius 1 is 1.62 bits per heavy atom. The number of aldehydes is 1. The first-order chi connectivity index (χ1) is 3.81. The van der Waals surface area contributed by atoms with Crippen LogP contribution in [0, 0.1) is 5.41 Å². The molecule has 0 aliphatic rings. The fourth-order valence-corrected chi connectivity index (χ4v) is 0.668. The van der Waals surface area contributed by atoms with Crippen LogP contribution in [0.4, 0.5) is 0 Å². The summed E-state index contributed by atoms with van der Waals surface area (Å²) in [5.41, 5.74) is 0. The summed E-state index contributed by atoms with van der Waals surface area (Å²) in [4.78, 5) is 9.95. The minimum atomic E-state index is 0.164. The van der Waals surface area contributed by atoms with E-state index in [-0.39, 0.29) is 4.83 Å². The lowest BCUT2D eigenvalue weighted by Gasteiger charge is -1.96. The summed E-state index contributed by atoms with van der Waals surface area (Å²) in [7, 11) is 0. The van der Waals surface area contributed by atoms with E-state index in [0.29, 0.717) is 12.8 Å². The van der Waals surface area contributed by atoms with Crippen molar-refractivity contribution >= 4 is 28.4 Å². The van der Waals surface area contributed by atoms with Crippen molar-refractivity contribution in [2.45, 2.75) is 17.7 Å². The van der Waals surface area contributed by atoms with Gasteiger partial charge in [0.05, 0.1) is 0 Å². The lowest BCUT2D eigenvalue weighted by atomic mass is 10.3. The van der Waals surface area contributed by atoms with Crippen LogP contribution in [-0.4, -0.2) is 17.3 Å². The highest BCUT2D eigenvalue weighted by Gasteiger charge is 1.97. The van der Waals surface area contributed by atoms with Gasteiger partial charge >= 0.3 is 0 Å². The number of halogens is 1. The molecule has 0 aliphatic carbocycles. The van der Waals surface area contributed by atoms with Gasteiger partial charge < -0.3 is 10.2 Å². The predicted molar refractivity (Wildman–Crippen MR) is 36.8 cm³/mol. The van der Waals surface area contributed by atoms with Crippen molar-refractivity contribution in [3.63, 3.8) is 0 Å². The molecule has 46 valence electrons. The maximum Gasteiger partial charge on any atom is 0.121 e. The summed E-state index contributed by atoms with van der Waals surface area (Å²) >= 11 is 3.22. The van der Waals surface area contributed by atoms with Crippen LogP contribution in [0.5, 0.6) is 0 Å². The molecule has 0 bridgehead atoms. The SMILES string of the molecule is N=CCC(Br)CC=O. The molecule has 0 spiro atoms. The molecule has 0 aliphatic heterocycles. The van der Waals surface area contributed by atoms with Gasteiger partial charge in [-0.3, -0.25) is 0 Å². The van der Waals surface area contributed by atoms with Crippen LogP contribution in [0.3, 0.4) is 0 Å². The van der Waals surface area contributed by atoms with Gasteiger partial charge in [0.15, 0.2) is 0 Å². The highest BCUT2D eigenvalue weighted by atomic mass is 79.9. The van der Waals surface area contributed by atoms with Crippen molar-refractivity contribution in [1.29, 1.82) is 5.41 Å². The second kappa shape index (κ2) is 4.97. The van der Waals surface area contributed by atoms with E-state index >= 15 is 0 Å². The Kier molecular flexibility index (Phi) is 4.85. The summed E-state index contributed by atoms with van der Waals surface area (Å²) in [5, 5.41) is 6.64. The molecular weight excluding hydrogens is 170 g/mol. The number of carbonyl (C=O) groups excluding carboxylic acids is 1. The number of alkyl halides is 1. The minimum Gasteiger partial charge on any atom is -0.313 e. The molecule has 2 nitrogen and oxygen atoms in total. The first-order valence-electron chi connectivity index (χ1n) is 2.38. The minimum absolute atomic E-state index is 0.164. The normalized spacial score (nSPS) is 12.6. The fraction of sp³-hybridized carbons (Fsp3) is 0.600. The van der Waals surface area contributed by atoms with Crippen molar-refractivity contribution in [3.05, 3.63) is 0 Å². The summed E-state index contributed by atoms with van der Waals surface area (Å²) in [6, 6.07) is 0. The molecule has 1 N–H and O–H groups in total. The Labute approximate surface area is 56.9 Å². The first-order valence-corrected chi connectivity index (χ1v) is 3.29. The van der Waals surface area contributed by atoms with Gasteiger partial charge in [-0.25, -0.2) is 0 Å². The van der Waals surface area contributed by atoms with Crippen molar-refractivity contribution < 1.29 is 4.79 Å². The number of carbonyl (C=O) groups is 1. The maximum absolute atomic E-state index is 9.78. The van der Waals surface area contributed by atoms with Crippen LogP contribution in [-0.2, 0) is 4.79 Å². The van der Waals surface area contributed by atoms with Gasteiger partial charge in [-0.1, -0.05) is 15.9 Å². The molecule has 0 aromatic carbocycles. The highest BCUT2D eigenvalue weighted by Crippen LogP contribution is 2.05. The van der Waals surface area contributed by atoms with E-state index in [1.54, 1.807) is 0 Å². The number of nitrogens with one attached hydrogen (secondary N) is 1. The largest absolute Gasteiger partial charge is 0.313 e. The van der Waals surface area contributed by atoms with E-state index in [1.807, 2.05) is 0 Å². The van der Waals surface area contributed by atoms with Crippen LogP contribution >= 0.6 is 15.9 Å². The van der Waals surface area contributed by atoms with Crippen molar-refractivity contribution in [2.75, 3.05) is 0 Å². The summed E-state index contributed by atoms with van der Waals surface area (Å²) in [5.74, 6) is 0. The molecular formula is C5H8BrNO. The molecule has 0 aromatic heterocycles. The van der Waals surface area contributed by atoms with Crippen LogP contribution in [0.2, 0.25) is 0 Å². The predicted octanol–water partition coefficient (Wildman–Crippen LogP) is 1.38. The third kappa shape index (κ3) is 3.99. The van der Waals surface area contributed by atoms with Gasteiger partial charge in [-0.05, 0) is 12.6 Å². The van der Waals surface area contributed by atoms with E-state index in [2.05, 4.69) is 15.9 Å². The van der Waals surface area contributed by atoms with Crippen molar-refractivity contribution in [3.8, 4) is 0 Å². The number of hydrogen-bond acceptors (Lipinski definition) is 2. The van der Waals surface area contributed by atoms with Gasteiger partial charge in [0.25, 0.3) is 0 Å². The molecule has 0 radical (unpaired) electrons. The van der Waals surface area contributed by atoms with Gasteiger partial charge in [-0.15, -0.1) is 0 Å². The zero-order chi connectivity index (χ0) is 6.41. The Morgan fingerprint density at radius 2 is 2.25 bits per heavy atom. The molecule has 0 amide bonds. The first kappa shape index (κ1) is 7.82. The van der Waals surface area contributed by atoms with E-state index in [0.717, 1.165) is 6.29 Å². The highest BCUT2D eigenvalue weighted by molar-refractivity contribution is 9.09. The molecule has 1 atom stereocenters. The second-order valence-electron chi connectivity index (χ2n) is 1.44. The third-order valence-corrected chi connectivity index (χ3v) is 1.47. The zero-order valence-electron chi connectivity index (χ0n) is 4.43. The Morgan fingerprint density at radius 3 is 2.62 bits per heavy atom. The van der Waals surface area contributed by atoms with Crippen LogP contribution < -0.4 is 0 Å². The average molecular weight is 178 g/mol. The topological polar surface area (TPSA) is 40.9 Å². The van der Waals surface area contributed by atoms with Crippen molar-refractivity contribution in [1.82, 2.24) is 0 Å². The molecule has 0 aromatic rings. The fourth-order valence-electron chi connectivity index (χ4n) is 0.329. The van der Waals surface area contributed by atoms with Gasteiger partial charge in [0.2, 0.25) is 0 Å². The maximum atomic E-state index is 9.78. The Bertz CT molecular complexity index is 74.5. The van der Waals surface area contributed by atoms with Gasteiger partial charge in [-0.2, -0.15) is 0 Å². The van der Waals surface area contributed by atoms with Crippen LogP contribution in [0.15, 0.2) is 0 Å². The lowest BCUT2D eigenvalue weighted by molar-refractivity contribution is -0.107. The number of hydrogen-bond donors (Lipinski definition) is 1. The van der Waals surface area contributed by atoms with E-state index in [1.165, 1.54) is 6.21 Å². The Hall–Kier alpha value is -0.180. The molecule has 8 heavy (non-hydrogen) atoms. The summed E-state index contributed by atoms with van der Waals surface area (Å²) in [6.45, 7) is 0. The average Bonchev–Trinajstić information content (AvgIpc) is 1.68. The molecule has 1 unspecified atom stereocenters. The molecule has 0 heterocycles. The molecule has 0 rings (SSSR count). The monoisotopic (exact) mass is 177 g/mol. The molecule has 0 saturated carbocycles. The molecule has 3 heteroatoms. The third-order valence-electron chi connectivity index (χ3n) is 0.726. The summed E-state index contributed by atoms with van der Waals surface area (Å²) in [6.07, 6.45) is 3.28. The quantitative estimate of drug-likeness (QED) is 0.394. The number of rotatable bonds is 4. The smallest absolute Gasteiger partial charge is 0.121 e. The van der Waals surface area contributed by atoms with Crippen LogP contribution in [0.25, 0.3) is 0 Å². The Balaban J connectivity index is 3.16. The van der Waals surface area contributed by atoms with E-state index in [4.69, 9.17) is 5.41 Å². The van der Waals surface area contributed by atoms with E-state index < -0.39 is 0 Å². The van der Waals surface area contributed by atoms with Gasteiger partial charge in [0, 0.05) is 11.2 Å². The second-order valence-corrected chi connectivity index (χ2v) is 2.73. The zero-order valence-corrected chi connectivity index (χ0v) is 6.02. The standard InChI is InChI=1S/C5H8BrNO/c6-5(1-3-7)2-4-8/h3-5,7H,1-2H2. The summed E-state index contributed by atoms with van der Waals surface area (Å²) < 4.78 is 0. The van der Waals surface area contributed by atoms with Gasteiger partial charge in [0.1, 0.15) is 6.29 Å².